The van der Waals surface area contributed by atoms with Crippen LogP contribution in [0.1, 0.15) is 81.1 Å². The van der Waals surface area contributed by atoms with Gasteiger partial charge in [0.25, 0.3) is 5.91 Å². The zero-order chi connectivity index (χ0) is 28.1. The molecule has 4 amide bonds. The van der Waals surface area contributed by atoms with Gasteiger partial charge in [-0.1, -0.05) is 53.9 Å². The van der Waals surface area contributed by atoms with Crippen molar-refractivity contribution in [2.75, 3.05) is 6.54 Å². The first-order valence-corrected chi connectivity index (χ1v) is 13.3. The van der Waals surface area contributed by atoms with Gasteiger partial charge < -0.3 is 26.0 Å². The van der Waals surface area contributed by atoms with E-state index in [0.29, 0.717) is 13.0 Å². The molecule has 2 saturated carbocycles. The van der Waals surface area contributed by atoms with E-state index in [4.69, 9.17) is 10.5 Å². The van der Waals surface area contributed by atoms with Crippen LogP contribution in [0.3, 0.4) is 0 Å². The molecule has 0 spiro atoms. The summed E-state index contributed by atoms with van der Waals surface area (Å²) in [6.07, 6.45) is 2.58. The number of nitrogens with one attached hydrogen (secondary N) is 2. The molecule has 37 heavy (non-hydrogen) atoms. The molecule has 0 bridgehead atoms. The first-order chi connectivity index (χ1) is 16.8. The Kier molecular flexibility index (Phi) is 7.74. The van der Waals surface area contributed by atoms with Gasteiger partial charge in [-0.25, -0.2) is 4.79 Å². The Labute approximate surface area is 219 Å². The number of carbonyl (C=O) groups is 5. The Morgan fingerprint density at radius 3 is 2.08 bits per heavy atom. The fourth-order valence-electron chi connectivity index (χ4n) is 5.78. The Balaban J connectivity index is 1.83. The maximum absolute atomic E-state index is 13.9. The molecule has 1 aliphatic heterocycles. The Hall–Kier alpha value is -2.65. The molecule has 0 radical (unpaired) electrons. The van der Waals surface area contributed by atoms with Gasteiger partial charge in [0.05, 0.1) is 6.04 Å². The van der Waals surface area contributed by atoms with Crippen LogP contribution < -0.4 is 16.4 Å². The van der Waals surface area contributed by atoms with Crippen LogP contribution in [-0.2, 0) is 23.9 Å². The minimum Gasteiger partial charge on any atom is -0.444 e. The summed E-state index contributed by atoms with van der Waals surface area (Å²) >= 11 is 0. The predicted molar refractivity (Wildman–Crippen MR) is 137 cm³/mol. The van der Waals surface area contributed by atoms with Crippen LogP contribution in [0.5, 0.6) is 0 Å². The molecule has 0 aromatic carbocycles. The molecule has 208 valence electrons. The van der Waals surface area contributed by atoms with Gasteiger partial charge in [0.1, 0.15) is 17.7 Å². The average molecular weight is 521 g/mol. The van der Waals surface area contributed by atoms with Crippen LogP contribution in [0, 0.1) is 28.6 Å². The summed E-state index contributed by atoms with van der Waals surface area (Å²) in [5, 5.41) is 5.49. The number of likely N-dealkylation sites (tertiary alicyclic amines) is 1. The van der Waals surface area contributed by atoms with E-state index < -0.39 is 52.8 Å². The number of hydrogen-bond acceptors (Lipinski definition) is 6. The number of amides is 4. The van der Waals surface area contributed by atoms with E-state index in [1.165, 1.54) is 4.90 Å². The van der Waals surface area contributed by atoms with Gasteiger partial charge in [-0.15, -0.1) is 0 Å². The summed E-state index contributed by atoms with van der Waals surface area (Å²) in [5.41, 5.74) is 3.73. The first kappa shape index (κ1) is 28.9. The van der Waals surface area contributed by atoms with Crippen molar-refractivity contribution in [3.05, 3.63) is 0 Å². The van der Waals surface area contributed by atoms with Crippen LogP contribution in [0.2, 0.25) is 0 Å². The van der Waals surface area contributed by atoms with E-state index in [1.807, 2.05) is 20.8 Å². The number of nitrogens with two attached hydrogens (primary N) is 1. The zero-order valence-electron chi connectivity index (χ0n) is 23.5. The van der Waals surface area contributed by atoms with E-state index in [9.17, 15) is 24.0 Å². The van der Waals surface area contributed by atoms with Crippen LogP contribution >= 0.6 is 0 Å². The standard InChI is InChI=1S/C27H44N4O6/c1-25(2,3)20(30-24(36)37-26(4,5)6)23(35)31-13-15-17(27(15,7)8)18(31)22(34)29-16(19(32)21(28)33)12-14-10-9-11-14/h14-18,20H,9-13H2,1-8H3,(H2,28,33)(H,29,34)(H,30,36). The molecule has 5 atom stereocenters. The Morgan fingerprint density at radius 2 is 1.62 bits per heavy atom. The van der Waals surface area contributed by atoms with E-state index in [0.717, 1.165) is 19.3 Å². The number of piperidine rings is 1. The van der Waals surface area contributed by atoms with E-state index in [2.05, 4.69) is 24.5 Å². The summed E-state index contributed by atoms with van der Waals surface area (Å²) in [5.74, 6) is -2.46. The normalized spacial score (nSPS) is 26.3. The highest BCUT2D eigenvalue weighted by Gasteiger charge is 2.70. The number of rotatable bonds is 8. The molecule has 3 aliphatic rings. The van der Waals surface area contributed by atoms with Crippen LogP contribution in [-0.4, -0.2) is 64.8 Å². The smallest absolute Gasteiger partial charge is 0.408 e. The molecule has 3 fully saturated rings. The molecule has 0 aromatic rings. The van der Waals surface area contributed by atoms with Crippen LogP contribution in [0.25, 0.3) is 0 Å². The van der Waals surface area contributed by atoms with Crippen molar-refractivity contribution >= 4 is 29.6 Å². The second kappa shape index (κ2) is 9.91. The third-order valence-electron chi connectivity index (χ3n) is 8.20. The summed E-state index contributed by atoms with van der Waals surface area (Å²) in [6, 6.07) is -2.76. The highest BCUT2D eigenvalue weighted by molar-refractivity contribution is 6.37. The SMILES string of the molecule is CC(C)(C)OC(=O)NC(C(=O)N1CC2C(C1C(=O)NC(CC1CCC1)C(=O)C(N)=O)C2(C)C)C(C)(C)C. The Morgan fingerprint density at radius 1 is 1.03 bits per heavy atom. The third-order valence-corrected chi connectivity index (χ3v) is 8.20. The van der Waals surface area contributed by atoms with Crippen molar-refractivity contribution in [1.82, 2.24) is 15.5 Å². The summed E-state index contributed by atoms with van der Waals surface area (Å²) in [4.78, 5) is 65.9. The number of primary amides is 1. The topological polar surface area (TPSA) is 148 Å². The molecule has 2 aliphatic carbocycles. The second-order valence-corrected chi connectivity index (χ2v) is 13.7. The monoisotopic (exact) mass is 520 g/mol. The average Bonchev–Trinajstić information content (AvgIpc) is 3.06. The summed E-state index contributed by atoms with van der Waals surface area (Å²) in [6.45, 7) is 15.2. The van der Waals surface area contributed by atoms with Gasteiger partial charge in [0, 0.05) is 6.54 Å². The molecule has 4 N–H and O–H groups in total. The lowest BCUT2D eigenvalue weighted by Gasteiger charge is -2.38. The fraction of sp³-hybridized carbons (Fsp3) is 0.815. The number of Topliss-reactive ketones (excluding diaryl/α,β-unsaturated/α-hetero) is 1. The molecule has 10 heteroatoms. The number of nitrogens with zero attached hydrogens (tertiary/aromatic N) is 1. The molecule has 0 aromatic heterocycles. The van der Waals surface area contributed by atoms with Gasteiger partial charge >= 0.3 is 6.09 Å². The Bertz CT molecular complexity index is 959. The van der Waals surface area contributed by atoms with Gasteiger partial charge in [-0.3, -0.25) is 19.2 Å². The van der Waals surface area contributed by atoms with Crippen molar-refractivity contribution < 1.29 is 28.7 Å². The zero-order valence-corrected chi connectivity index (χ0v) is 23.5. The van der Waals surface area contributed by atoms with Crippen molar-refractivity contribution in [1.29, 1.82) is 0 Å². The largest absolute Gasteiger partial charge is 0.444 e. The third kappa shape index (κ3) is 6.26. The maximum atomic E-state index is 13.9. The fourth-order valence-corrected chi connectivity index (χ4v) is 5.78. The number of carbonyl (C=O) groups excluding carboxylic acids is 5. The highest BCUT2D eigenvalue weighted by atomic mass is 16.6. The number of hydrogen-bond donors (Lipinski definition) is 3. The molecular formula is C27H44N4O6. The first-order valence-electron chi connectivity index (χ1n) is 13.3. The molecule has 1 saturated heterocycles. The predicted octanol–water partition coefficient (Wildman–Crippen LogP) is 2.14. The molecular weight excluding hydrogens is 476 g/mol. The van der Waals surface area contributed by atoms with Crippen molar-refractivity contribution in [2.45, 2.75) is 105 Å². The van der Waals surface area contributed by atoms with Crippen LogP contribution in [0.4, 0.5) is 4.79 Å². The molecule has 5 unspecified atom stereocenters. The van der Waals surface area contributed by atoms with E-state index >= 15 is 0 Å². The molecule has 1 heterocycles. The summed E-state index contributed by atoms with van der Waals surface area (Å²) in [7, 11) is 0. The van der Waals surface area contributed by atoms with Gasteiger partial charge in [0.15, 0.2) is 0 Å². The van der Waals surface area contributed by atoms with Gasteiger partial charge in [-0.05, 0) is 55.8 Å². The number of ketones is 1. The lowest BCUT2D eigenvalue weighted by Crippen LogP contribution is -2.61. The maximum Gasteiger partial charge on any atom is 0.408 e. The van der Waals surface area contributed by atoms with E-state index in [1.54, 1.807) is 20.8 Å². The quantitative estimate of drug-likeness (QED) is 0.418. The highest BCUT2D eigenvalue weighted by Crippen LogP contribution is 2.65. The lowest BCUT2D eigenvalue weighted by molar-refractivity contribution is -0.145. The van der Waals surface area contributed by atoms with E-state index in [-0.39, 0.29) is 29.1 Å². The minimum absolute atomic E-state index is 0.0911. The summed E-state index contributed by atoms with van der Waals surface area (Å²) < 4.78 is 5.39. The van der Waals surface area contributed by atoms with Crippen molar-refractivity contribution in [2.24, 2.45) is 34.3 Å². The molecule has 10 nitrogen and oxygen atoms in total. The number of ether oxygens (including phenoxy) is 1. The van der Waals surface area contributed by atoms with Gasteiger partial charge in [-0.2, -0.15) is 0 Å². The molecule has 3 rings (SSSR count). The lowest BCUT2D eigenvalue weighted by atomic mass is 9.80. The van der Waals surface area contributed by atoms with Crippen LogP contribution in [0.15, 0.2) is 0 Å². The minimum atomic E-state index is -1.08. The number of fused-ring (bicyclic) bond motifs is 1. The van der Waals surface area contributed by atoms with Gasteiger partial charge in [0.2, 0.25) is 17.6 Å². The number of alkyl carbamates (subject to hydrolysis) is 1. The van der Waals surface area contributed by atoms with Crippen molar-refractivity contribution in [3.8, 4) is 0 Å². The second-order valence-electron chi connectivity index (χ2n) is 13.7. The van der Waals surface area contributed by atoms with Crippen molar-refractivity contribution in [3.63, 3.8) is 0 Å².